The Labute approximate surface area is 429 Å². The van der Waals surface area contributed by atoms with Crippen LogP contribution in [0.2, 0.25) is 0 Å². The van der Waals surface area contributed by atoms with Gasteiger partial charge in [0.1, 0.15) is 19.8 Å². The highest BCUT2D eigenvalue weighted by molar-refractivity contribution is 6.61. The van der Waals surface area contributed by atoms with Gasteiger partial charge in [0.05, 0.1) is 25.2 Å². The van der Waals surface area contributed by atoms with Gasteiger partial charge < -0.3 is 60.1 Å². The molecule has 3 aliphatic rings. The lowest BCUT2D eigenvalue weighted by Crippen LogP contribution is -2.44. The highest BCUT2D eigenvalue weighted by Gasteiger charge is 2.21. The molecule has 0 atom stereocenters. The Kier molecular flexibility index (Phi) is 49.2. The van der Waals surface area contributed by atoms with Crippen molar-refractivity contribution >= 4 is 52.4 Å². The number of ether oxygens (including phenoxy) is 6. The number of methoxy groups -OCH3 is 3. The lowest BCUT2D eigenvalue weighted by atomic mass is 10.0. The monoisotopic (exact) mass is 1040 g/mol. The van der Waals surface area contributed by atoms with E-state index in [-0.39, 0.29) is 36.2 Å². The number of alkyl carbamates (subject to hydrolysis) is 2. The van der Waals surface area contributed by atoms with E-state index in [1.807, 2.05) is 6.07 Å². The van der Waals surface area contributed by atoms with E-state index in [4.69, 9.17) is 64.6 Å². The van der Waals surface area contributed by atoms with E-state index < -0.39 is 5.43 Å². The zero-order chi connectivity index (χ0) is 51.8. The Hall–Kier alpha value is -3.04. The maximum atomic E-state index is 11.6. The van der Waals surface area contributed by atoms with Crippen molar-refractivity contribution in [2.45, 2.75) is 90.5 Å². The standard InChI is InChI=1S/C16H24N2O3.C12H18N2.C9H18N2O3.C6H15N.C4H7ClO3.CH2Cl2.CH4O/c1-20-11-12-21-16(19)17-15-7-9-18(10-8-15)13-14-5-3-2-4-6-14;13-12-6-8-14(9-7-12)10-11-4-2-1-3-5-11;1-13-6-7-14-9(12)11-8-2-4-10-5-3-8;1-4-7(5-2)6-3;1-7-2-3-8-4(5)6;2-1-3;1-2/h2-6,15H,7-13H2,1H3,(H,17,19);1-5,12H,6-10,13H2;8,10H,2-7H2,1H3,(H,11,12);4-6H2,1-3H3;2-3H2,1H3;1H2;2H,1H3. The number of halogens is 3. The van der Waals surface area contributed by atoms with E-state index in [0.717, 1.165) is 98.0 Å². The number of carbonyl (C=O) groups is 3. The molecule has 3 heterocycles. The molecular weight excluding hydrogens is 953 g/mol. The number of benzene rings is 2. The molecule has 2 amide bonds. The number of carbonyl (C=O) groups excluding carboxylic acids is 3. The first-order valence-corrected chi connectivity index (χ1v) is 25.4. The minimum atomic E-state index is -0.790. The van der Waals surface area contributed by atoms with Crippen LogP contribution in [0.4, 0.5) is 14.4 Å². The first-order valence-electron chi connectivity index (χ1n) is 23.9. The van der Waals surface area contributed by atoms with Crippen LogP contribution >= 0.6 is 34.8 Å². The number of hydrogen-bond donors (Lipinski definition) is 5. The summed E-state index contributed by atoms with van der Waals surface area (Å²) in [4.78, 5) is 39.8. The molecule has 20 heteroatoms. The van der Waals surface area contributed by atoms with Gasteiger partial charge in [0.2, 0.25) is 0 Å². The molecule has 2 aromatic carbocycles. The van der Waals surface area contributed by atoms with Crippen molar-refractivity contribution in [3.05, 3.63) is 71.8 Å². The molecular formula is C49H88Cl3N7O10. The number of amides is 2. The number of aliphatic hydroxyl groups excluding tert-OH is 1. The van der Waals surface area contributed by atoms with Crippen LogP contribution in [0.25, 0.3) is 0 Å². The van der Waals surface area contributed by atoms with Gasteiger partial charge in [-0.2, -0.15) is 0 Å². The Bertz CT molecular complexity index is 1420. The fraction of sp³-hybridized carbons (Fsp3) is 0.694. The molecule has 0 unspecified atom stereocenters. The summed E-state index contributed by atoms with van der Waals surface area (Å²) >= 11 is 14.3. The van der Waals surface area contributed by atoms with Gasteiger partial charge in [-0.25, -0.2) is 14.4 Å². The quantitative estimate of drug-likeness (QED) is 0.0437. The van der Waals surface area contributed by atoms with Crippen molar-refractivity contribution < 1.29 is 47.9 Å². The number of piperidine rings is 3. The van der Waals surface area contributed by atoms with Gasteiger partial charge in [-0.15, -0.1) is 23.2 Å². The number of rotatable bonds is 18. The summed E-state index contributed by atoms with van der Waals surface area (Å²) in [6.45, 7) is 20.5. The molecule has 6 N–H and O–H groups in total. The van der Waals surface area contributed by atoms with E-state index in [9.17, 15) is 14.4 Å². The van der Waals surface area contributed by atoms with Gasteiger partial charge in [0, 0.05) is 84.3 Å². The van der Waals surface area contributed by atoms with Crippen LogP contribution in [-0.4, -0.2) is 188 Å². The average molecular weight is 1040 g/mol. The summed E-state index contributed by atoms with van der Waals surface area (Å²) in [5, 5.41) is 16.2. The van der Waals surface area contributed by atoms with Crippen molar-refractivity contribution in [3.63, 3.8) is 0 Å². The third-order valence-electron chi connectivity index (χ3n) is 10.6. The number of aliphatic hydroxyl groups is 1. The van der Waals surface area contributed by atoms with Crippen molar-refractivity contribution in [1.29, 1.82) is 0 Å². The molecule has 0 bridgehead atoms. The van der Waals surface area contributed by atoms with Crippen LogP contribution in [0.1, 0.15) is 70.4 Å². The lowest BCUT2D eigenvalue weighted by molar-refractivity contribution is 0.0926. The molecule has 2 aromatic rings. The molecule has 17 nitrogen and oxygen atoms in total. The summed E-state index contributed by atoms with van der Waals surface area (Å²) in [7, 11) is 5.68. The number of nitrogens with zero attached hydrogens (tertiary/aromatic N) is 3. The SMILES string of the molecule is CCN(CC)CC.CO.COCCOC(=O)Cl.COCCOC(=O)NC1CCN(Cc2ccccc2)CC1.COCCOC(=O)NC1CCNCC1.ClCCl.NC1CCN(Cc2ccccc2)CC1. The Morgan fingerprint density at radius 1 is 0.623 bits per heavy atom. The van der Waals surface area contributed by atoms with Crippen LogP contribution in [-0.2, 0) is 41.5 Å². The predicted octanol–water partition coefficient (Wildman–Crippen LogP) is 7.13. The summed E-state index contributed by atoms with van der Waals surface area (Å²) in [6.07, 6.45) is 5.49. The second kappa shape index (κ2) is 49.9. The van der Waals surface area contributed by atoms with Crippen LogP contribution in [0.15, 0.2) is 60.7 Å². The van der Waals surface area contributed by atoms with E-state index in [0.29, 0.717) is 39.1 Å². The molecule has 0 spiro atoms. The first kappa shape index (κ1) is 68.0. The topological polar surface area (TPSA) is 199 Å². The molecule has 0 aliphatic carbocycles. The fourth-order valence-electron chi connectivity index (χ4n) is 6.72. The highest BCUT2D eigenvalue weighted by Crippen LogP contribution is 2.14. The van der Waals surface area contributed by atoms with Crippen LogP contribution < -0.4 is 21.7 Å². The van der Waals surface area contributed by atoms with Crippen LogP contribution in [0.3, 0.4) is 0 Å². The molecule has 400 valence electrons. The van der Waals surface area contributed by atoms with E-state index in [2.05, 4.69) is 115 Å². The normalized spacial score (nSPS) is 15.1. The third kappa shape index (κ3) is 42.4. The van der Waals surface area contributed by atoms with Crippen molar-refractivity contribution in [2.24, 2.45) is 5.73 Å². The van der Waals surface area contributed by atoms with Crippen molar-refractivity contribution in [3.8, 4) is 0 Å². The summed E-state index contributed by atoms with van der Waals surface area (Å²) in [6, 6.07) is 22.0. The maximum absolute atomic E-state index is 11.6. The number of hydrogen-bond acceptors (Lipinski definition) is 15. The molecule has 69 heavy (non-hydrogen) atoms. The van der Waals surface area contributed by atoms with Crippen LogP contribution in [0.5, 0.6) is 0 Å². The van der Waals surface area contributed by atoms with Gasteiger partial charge in [-0.3, -0.25) is 9.80 Å². The number of alkyl halides is 2. The van der Waals surface area contributed by atoms with Crippen LogP contribution in [0, 0.1) is 0 Å². The molecule has 3 fully saturated rings. The Balaban J connectivity index is 0. The Morgan fingerprint density at radius 2 is 0.971 bits per heavy atom. The molecule has 3 aliphatic heterocycles. The first-order chi connectivity index (χ1) is 33.5. The van der Waals surface area contributed by atoms with Crippen molar-refractivity contribution in [1.82, 2.24) is 30.7 Å². The average Bonchev–Trinajstić information content (AvgIpc) is 3.36. The van der Waals surface area contributed by atoms with Gasteiger partial charge in [-0.1, -0.05) is 81.4 Å². The molecule has 5 rings (SSSR count). The van der Waals surface area contributed by atoms with Crippen molar-refractivity contribution in [2.75, 3.05) is 132 Å². The number of likely N-dealkylation sites (tertiary alicyclic amines) is 2. The Morgan fingerprint density at radius 3 is 1.30 bits per heavy atom. The second-order valence-electron chi connectivity index (χ2n) is 15.5. The summed E-state index contributed by atoms with van der Waals surface area (Å²) in [5.41, 5.74) is 7.82. The molecule has 0 radical (unpaired) electrons. The fourth-order valence-corrected chi connectivity index (χ4v) is 6.80. The summed E-state index contributed by atoms with van der Waals surface area (Å²) < 4.78 is 28.4. The predicted molar refractivity (Wildman–Crippen MR) is 280 cm³/mol. The van der Waals surface area contributed by atoms with E-state index in [1.54, 1.807) is 14.2 Å². The molecule has 0 saturated carbocycles. The maximum Gasteiger partial charge on any atom is 0.407 e. The van der Waals surface area contributed by atoms with E-state index >= 15 is 0 Å². The molecule has 0 aromatic heterocycles. The summed E-state index contributed by atoms with van der Waals surface area (Å²) in [5.74, 6) is 0. The number of nitrogens with one attached hydrogen (secondary N) is 3. The van der Waals surface area contributed by atoms with Gasteiger partial charge in [0.25, 0.3) is 0 Å². The zero-order valence-electron chi connectivity index (χ0n) is 42.7. The van der Waals surface area contributed by atoms with E-state index in [1.165, 1.54) is 37.9 Å². The largest absolute Gasteiger partial charge is 0.451 e. The molecule has 3 saturated heterocycles. The minimum Gasteiger partial charge on any atom is -0.451 e. The second-order valence-corrected chi connectivity index (χ2v) is 16.6. The van der Waals surface area contributed by atoms with Gasteiger partial charge in [0.15, 0.2) is 0 Å². The number of nitrogens with two attached hydrogens (primary N) is 1. The smallest absolute Gasteiger partial charge is 0.407 e. The van der Waals surface area contributed by atoms with Gasteiger partial charge >= 0.3 is 17.6 Å². The third-order valence-corrected chi connectivity index (χ3v) is 10.7. The lowest BCUT2D eigenvalue weighted by Gasteiger charge is -2.32. The highest BCUT2D eigenvalue weighted by atomic mass is 35.5. The van der Waals surface area contributed by atoms with Gasteiger partial charge in [-0.05, 0) is 95.5 Å². The minimum absolute atomic E-state index is 0.194. The zero-order valence-corrected chi connectivity index (χ0v) is 44.9.